The normalized spacial score (nSPS) is 15.4. The summed E-state index contributed by atoms with van der Waals surface area (Å²) < 4.78 is 7.29. The number of rotatable bonds is 5. The summed E-state index contributed by atoms with van der Waals surface area (Å²) in [5.74, 6) is 1.51. The van der Waals surface area contributed by atoms with Crippen LogP contribution in [0.1, 0.15) is 34.1 Å². The molecular weight excluding hydrogens is 444 g/mol. The maximum absolute atomic E-state index is 12.6. The molecule has 1 aromatic carbocycles. The monoisotopic (exact) mass is 466 g/mol. The van der Waals surface area contributed by atoms with E-state index < -0.39 is 0 Å². The number of aromatic nitrogens is 3. The predicted octanol–water partition coefficient (Wildman–Crippen LogP) is 2.69. The maximum atomic E-state index is 12.6. The average Bonchev–Trinajstić information content (AvgIpc) is 3.37. The van der Waals surface area contributed by atoms with Gasteiger partial charge in [0, 0.05) is 36.0 Å². The van der Waals surface area contributed by atoms with Gasteiger partial charge >= 0.3 is 0 Å². The SMILES string of the molecule is Cc1nnc2n1-c1sc(CCC(=O)N3CCOCC3)cc1C(c1ccccc1[N+](=O)[O-])=NC2. The van der Waals surface area contributed by atoms with Crippen molar-refractivity contribution < 1.29 is 14.5 Å². The minimum Gasteiger partial charge on any atom is -0.378 e. The quantitative estimate of drug-likeness (QED) is 0.422. The minimum absolute atomic E-state index is 0.00633. The highest BCUT2D eigenvalue weighted by molar-refractivity contribution is 7.15. The Morgan fingerprint density at radius 3 is 2.79 bits per heavy atom. The van der Waals surface area contributed by atoms with E-state index >= 15 is 0 Å². The highest BCUT2D eigenvalue weighted by Crippen LogP contribution is 2.35. The standard InChI is InChI=1S/C22H22N6O4S/c1-14-24-25-19-13-23-21(16-4-2-3-5-18(16)28(30)31)17-12-15(33-22(17)27(14)19)6-7-20(29)26-8-10-32-11-9-26/h2-5,12H,6-11,13H2,1H3. The molecule has 0 aliphatic carbocycles. The van der Waals surface area contributed by atoms with E-state index in [1.165, 1.54) is 6.07 Å². The van der Waals surface area contributed by atoms with Gasteiger partial charge in [0.25, 0.3) is 5.69 Å². The maximum Gasteiger partial charge on any atom is 0.278 e. The number of amides is 1. The molecule has 0 bridgehead atoms. The molecule has 0 radical (unpaired) electrons. The summed E-state index contributed by atoms with van der Waals surface area (Å²) in [6.45, 7) is 4.54. The zero-order chi connectivity index (χ0) is 22.9. The van der Waals surface area contributed by atoms with Crippen molar-refractivity contribution in [2.75, 3.05) is 26.3 Å². The largest absolute Gasteiger partial charge is 0.378 e. The Hall–Kier alpha value is -3.44. The lowest BCUT2D eigenvalue weighted by molar-refractivity contribution is -0.385. The Balaban J connectivity index is 1.52. The Morgan fingerprint density at radius 1 is 1.21 bits per heavy atom. The first-order valence-corrected chi connectivity index (χ1v) is 11.5. The minimum atomic E-state index is -0.387. The van der Waals surface area contributed by atoms with Crippen LogP contribution in [-0.4, -0.2) is 62.5 Å². The smallest absolute Gasteiger partial charge is 0.278 e. The van der Waals surface area contributed by atoms with E-state index in [-0.39, 0.29) is 23.1 Å². The van der Waals surface area contributed by atoms with E-state index in [1.54, 1.807) is 29.5 Å². The summed E-state index contributed by atoms with van der Waals surface area (Å²) in [7, 11) is 0. The number of carbonyl (C=O) groups is 1. The molecule has 4 heterocycles. The molecule has 2 aromatic heterocycles. The number of morpholine rings is 1. The van der Waals surface area contributed by atoms with Crippen molar-refractivity contribution in [3.63, 3.8) is 0 Å². The van der Waals surface area contributed by atoms with Crippen LogP contribution in [-0.2, 0) is 22.5 Å². The van der Waals surface area contributed by atoms with Gasteiger partial charge in [-0.2, -0.15) is 0 Å². The highest BCUT2D eigenvalue weighted by atomic mass is 32.1. The molecule has 1 amide bonds. The van der Waals surface area contributed by atoms with E-state index in [1.807, 2.05) is 22.5 Å². The van der Waals surface area contributed by atoms with Crippen LogP contribution < -0.4 is 0 Å². The number of hydrogen-bond donors (Lipinski definition) is 0. The lowest BCUT2D eigenvalue weighted by Crippen LogP contribution is -2.40. The van der Waals surface area contributed by atoms with Crippen molar-refractivity contribution in [3.05, 3.63) is 68.1 Å². The molecule has 170 valence electrons. The number of aryl methyl sites for hydroxylation is 2. The Bertz CT molecular complexity index is 1260. The third-order valence-electron chi connectivity index (χ3n) is 5.80. The summed E-state index contributed by atoms with van der Waals surface area (Å²) in [6.07, 6.45) is 0.972. The summed E-state index contributed by atoms with van der Waals surface area (Å²) in [5, 5.41) is 21.0. The first kappa shape index (κ1) is 21.4. The number of nitrogens with zero attached hydrogens (tertiary/aromatic N) is 6. The van der Waals surface area contributed by atoms with E-state index in [0.717, 1.165) is 21.3 Å². The molecule has 11 heteroatoms. The molecule has 10 nitrogen and oxygen atoms in total. The molecule has 0 unspecified atom stereocenters. The molecule has 0 saturated carbocycles. The Morgan fingerprint density at radius 2 is 2.00 bits per heavy atom. The van der Waals surface area contributed by atoms with Crippen LogP contribution in [0.25, 0.3) is 5.00 Å². The van der Waals surface area contributed by atoms with Gasteiger partial charge in [-0.15, -0.1) is 21.5 Å². The fourth-order valence-electron chi connectivity index (χ4n) is 4.16. The molecule has 1 saturated heterocycles. The van der Waals surface area contributed by atoms with Crippen molar-refractivity contribution in [1.29, 1.82) is 0 Å². The zero-order valence-electron chi connectivity index (χ0n) is 18.1. The van der Waals surface area contributed by atoms with Crippen LogP contribution in [0.3, 0.4) is 0 Å². The van der Waals surface area contributed by atoms with Gasteiger partial charge in [0.1, 0.15) is 17.4 Å². The van der Waals surface area contributed by atoms with Gasteiger partial charge in [-0.1, -0.05) is 12.1 Å². The van der Waals surface area contributed by atoms with E-state index in [2.05, 4.69) is 10.2 Å². The van der Waals surface area contributed by atoms with Crippen molar-refractivity contribution in [3.8, 4) is 5.00 Å². The third-order valence-corrected chi connectivity index (χ3v) is 6.98. The van der Waals surface area contributed by atoms with Crippen LogP contribution >= 0.6 is 11.3 Å². The van der Waals surface area contributed by atoms with E-state index in [4.69, 9.17) is 9.73 Å². The first-order valence-electron chi connectivity index (χ1n) is 10.7. The van der Waals surface area contributed by atoms with E-state index in [9.17, 15) is 14.9 Å². The lowest BCUT2D eigenvalue weighted by atomic mass is 10.0. The van der Waals surface area contributed by atoms with Gasteiger partial charge in [-0.05, 0) is 25.5 Å². The van der Waals surface area contributed by atoms with Crippen molar-refractivity contribution in [2.24, 2.45) is 4.99 Å². The fraction of sp³-hybridized carbons (Fsp3) is 0.364. The number of hydrogen-bond acceptors (Lipinski definition) is 8. The van der Waals surface area contributed by atoms with Gasteiger partial charge < -0.3 is 9.64 Å². The Kier molecular flexibility index (Phi) is 5.73. The average molecular weight is 467 g/mol. The Labute approximate surface area is 193 Å². The van der Waals surface area contributed by atoms with Crippen LogP contribution in [0, 0.1) is 17.0 Å². The van der Waals surface area contributed by atoms with Gasteiger partial charge in [0.15, 0.2) is 5.82 Å². The van der Waals surface area contributed by atoms with Crippen molar-refractivity contribution >= 4 is 28.6 Å². The van der Waals surface area contributed by atoms with E-state index in [0.29, 0.717) is 56.2 Å². The molecule has 2 aliphatic heterocycles. The fourth-order valence-corrected chi connectivity index (χ4v) is 5.39. The lowest BCUT2D eigenvalue weighted by Gasteiger charge is -2.26. The summed E-state index contributed by atoms with van der Waals surface area (Å²) in [5.41, 5.74) is 1.83. The summed E-state index contributed by atoms with van der Waals surface area (Å²) >= 11 is 1.55. The molecule has 0 N–H and O–H groups in total. The highest BCUT2D eigenvalue weighted by Gasteiger charge is 2.28. The molecule has 3 aromatic rings. The molecule has 2 aliphatic rings. The predicted molar refractivity (Wildman–Crippen MR) is 122 cm³/mol. The van der Waals surface area contributed by atoms with Gasteiger partial charge in [-0.25, -0.2) is 0 Å². The van der Waals surface area contributed by atoms with Crippen LogP contribution in [0.15, 0.2) is 35.3 Å². The van der Waals surface area contributed by atoms with Crippen LogP contribution in [0.2, 0.25) is 0 Å². The second-order valence-electron chi connectivity index (χ2n) is 7.86. The molecule has 1 fully saturated rings. The number of para-hydroxylation sites is 1. The van der Waals surface area contributed by atoms with Crippen molar-refractivity contribution in [2.45, 2.75) is 26.3 Å². The molecule has 33 heavy (non-hydrogen) atoms. The molecule has 5 rings (SSSR count). The van der Waals surface area contributed by atoms with Crippen LogP contribution in [0.4, 0.5) is 5.69 Å². The number of fused-ring (bicyclic) bond motifs is 3. The van der Waals surface area contributed by atoms with Gasteiger partial charge in [-0.3, -0.25) is 24.5 Å². The number of thiophene rings is 1. The number of benzene rings is 1. The zero-order valence-corrected chi connectivity index (χ0v) is 18.9. The molecular formula is C22H22N6O4S. The summed E-state index contributed by atoms with van der Waals surface area (Å²) in [4.78, 5) is 31.5. The number of ether oxygens (including phenoxy) is 1. The van der Waals surface area contributed by atoms with Crippen LogP contribution in [0.5, 0.6) is 0 Å². The number of nitro groups is 1. The van der Waals surface area contributed by atoms with Gasteiger partial charge in [0.2, 0.25) is 5.91 Å². The molecule has 0 atom stereocenters. The van der Waals surface area contributed by atoms with Gasteiger partial charge in [0.05, 0.1) is 29.4 Å². The second kappa shape index (κ2) is 8.83. The number of nitro benzene ring substituents is 1. The summed E-state index contributed by atoms with van der Waals surface area (Å²) in [6, 6.07) is 8.63. The number of carbonyl (C=O) groups excluding carboxylic acids is 1. The second-order valence-corrected chi connectivity index (χ2v) is 8.98. The topological polar surface area (TPSA) is 116 Å². The third kappa shape index (κ3) is 4.05. The number of aliphatic imine (C=N–C) groups is 1. The first-order chi connectivity index (χ1) is 16.0. The molecule has 0 spiro atoms. The van der Waals surface area contributed by atoms with Crippen molar-refractivity contribution in [1.82, 2.24) is 19.7 Å².